The molecule has 1 amide bonds. The fourth-order valence-electron chi connectivity index (χ4n) is 1.47. The average molecular weight is 182 g/mol. The molecule has 0 saturated heterocycles. The largest absolute Gasteiger partial charge is 0.325 e. The molecule has 0 radical (unpaired) electrons. The molecule has 0 spiro atoms. The number of carbonyl (C=O) groups is 1. The van der Waals surface area contributed by atoms with Gasteiger partial charge >= 0.3 is 0 Å². The van der Waals surface area contributed by atoms with Gasteiger partial charge in [-0.1, -0.05) is 11.6 Å². The summed E-state index contributed by atoms with van der Waals surface area (Å²) in [5.41, 5.74) is 3.02. The first-order chi connectivity index (χ1) is 5.66. The molecule has 1 aromatic rings. The monoisotopic (exact) mass is 181 g/mol. The fourth-order valence-corrected chi connectivity index (χ4v) is 1.75. The molecule has 1 heterocycles. The van der Waals surface area contributed by atoms with Gasteiger partial charge in [0.1, 0.15) is 0 Å². The Labute approximate surface area is 75.5 Å². The van der Waals surface area contributed by atoms with Gasteiger partial charge in [0.2, 0.25) is 5.91 Å². The van der Waals surface area contributed by atoms with E-state index < -0.39 is 0 Å². The number of anilines is 1. The van der Waals surface area contributed by atoms with E-state index in [-0.39, 0.29) is 5.91 Å². The van der Waals surface area contributed by atoms with Crippen molar-refractivity contribution in [1.29, 1.82) is 0 Å². The summed E-state index contributed by atoms with van der Waals surface area (Å²) in [7, 11) is 0. The molecule has 2 rings (SSSR count). The molecule has 1 aromatic carbocycles. The predicted octanol–water partition coefficient (Wildman–Crippen LogP) is 2.14. The first-order valence-corrected chi connectivity index (χ1v) is 4.13. The second kappa shape index (κ2) is 2.49. The van der Waals surface area contributed by atoms with Gasteiger partial charge in [0.15, 0.2) is 0 Å². The van der Waals surface area contributed by atoms with Gasteiger partial charge in [0, 0.05) is 10.7 Å². The van der Waals surface area contributed by atoms with Gasteiger partial charge in [-0.2, -0.15) is 0 Å². The van der Waals surface area contributed by atoms with Crippen LogP contribution in [0.15, 0.2) is 12.1 Å². The van der Waals surface area contributed by atoms with Crippen LogP contribution >= 0.6 is 11.6 Å². The number of benzene rings is 1. The SMILES string of the molecule is Cc1cc(Cl)cc2c1CC(=O)N2. The van der Waals surface area contributed by atoms with E-state index in [0.717, 1.165) is 16.8 Å². The average Bonchev–Trinajstić information content (AvgIpc) is 2.29. The van der Waals surface area contributed by atoms with Gasteiger partial charge in [-0.15, -0.1) is 0 Å². The van der Waals surface area contributed by atoms with E-state index in [1.165, 1.54) is 0 Å². The smallest absolute Gasteiger partial charge is 0.228 e. The van der Waals surface area contributed by atoms with Crippen LogP contribution in [0.5, 0.6) is 0 Å². The van der Waals surface area contributed by atoms with Gasteiger partial charge in [-0.05, 0) is 30.2 Å². The molecule has 1 N–H and O–H groups in total. The lowest BCUT2D eigenvalue weighted by Gasteiger charge is -2.02. The summed E-state index contributed by atoms with van der Waals surface area (Å²) >= 11 is 5.83. The fraction of sp³-hybridized carbons (Fsp3) is 0.222. The van der Waals surface area contributed by atoms with Crippen molar-refractivity contribution in [3.05, 3.63) is 28.3 Å². The van der Waals surface area contributed by atoms with Crippen LogP contribution in [0, 0.1) is 6.92 Å². The lowest BCUT2D eigenvalue weighted by molar-refractivity contribution is -0.115. The van der Waals surface area contributed by atoms with E-state index in [9.17, 15) is 4.79 Å². The van der Waals surface area contributed by atoms with Gasteiger partial charge < -0.3 is 5.32 Å². The van der Waals surface area contributed by atoms with Crippen LogP contribution in [0.3, 0.4) is 0 Å². The molecule has 0 atom stereocenters. The summed E-state index contributed by atoms with van der Waals surface area (Å²) in [4.78, 5) is 11.0. The Morgan fingerprint density at radius 2 is 2.25 bits per heavy atom. The van der Waals surface area contributed by atoms with Gasteiger partial charge in [-0.25, -0.2) is 0 Å². The van der Waals surface area contributed by atoms with Crippen molar-refractivity contribution >= 4 is 23.2 Å². The quantitative estimate of drug-likeness (QED) is 0.653. The van der Waals surface area contributed by atoms with Gasteiger partial charge in [-0.3, -0.25) is 4.79 Å². The molecule has 0 unspecified atom stereocenters. The summed E-state index contributed by atoms with van der Waals surface area (Å²) in [5.74, 6) is 0.0513. The Hall–Kier alpha value is -1.02. The van der Waals surface area contributed by atoms with Crippen molar-refractivity contribution in [3.8, 4) is 0 Å². The summed E-state index contributed by atoms with van der Waals surface area (Å²) in [6, 6.07) is 3.66. The van der Waals surface area contributed by atoms with E-state index in [1.807, 2.05) is 13.0 Å². The normalized spacial score (nSPS) is 14.3. The molecule has 0 aliphatic carbocycles. The molecule has 0 fully saturated rings. The Bertz CT molecular complexity index is 360. The first kappa shape index (κ1) is 7.62. The molecule has 0 bridgehead atoms. The number of rotatable bonds is 0. The topological polar surface area (TPSA) is 29.1 Å². The van der Waals surface area contributed by atoms with E-state index in [0.29, 0.717) is 11.4 Å². The van der Waals surface area contributed by atoms with Crippen LogP contribution in [0.2, 0.25) is 5.02 Å². The van der Waals surface area contributed by atoms with E-state index in [4.69, 9.17) is 11.6 Å². The summed E-state index contributed by atoms with van der Waals surface area (Å²) in [6.45, 7) is 1.96. The molecule has 0 saturated carbocycles. The van der Waals surface area contributed by atoms with E-state index in [2.05, 4.69) is 5.32 Å². The van der Waals surface area contributed by atoms with Gasteiger partial charge in [0.05, 0.1) is 6.42 Å². The minimum Gasteiger partial charge on any atom is -0.325 e. The number of hydrogen-bond donors (Lipinski definition) is 1. The lowest BCUT2D eigenvalue weighted by Crippen LogP contribution is -2.03. The number of nitrogens with one attached hydrogen (secondary N) is 1. The summed E-state index contributed by atoms with van der Waals surface area (Å²) in [6.07, 6.45) is 0.484. The molecule has 1 aliphatic rings. The third-order valence-corrected chi connectivity index (χ3v) is 2.27. The van der Waals surface area contributed by atoms with Crippen LogP contribution in [-0.4, -0.2) is 5.91 Å². The Balaban J connectivity index is 2.59. The Morgan fingerprint density at radius 1 is 1.50 bits per heavy atom. The standard InChI is InChI=1S/C9H8ClNO/c1-5-2-6(10)3-8-7(5)4-9(12)11-8/h2-3H,4H2,1H3,(H,11,12). The minimum atomic E-state index is 0.0513. The van der Waals surface area contributed by atoms with Crippen LogP contribution in [0.1, 0.15) is 11.1 Å². The molecule has 1 aliphatic heterocycles. The minimum absolute atomic E-state index is 0.0513. The highest BCUT2D eigenvalue weighted by Crippen LogP contribution is 2.29. The molecular formula is C9H8ClNO. The van der Waals surface area contributed by atoms with Crippen LogP contribution in [-0.2, 0) is 11.2 Å². The van der Waals surface area contributed by atoms with Crippen molar-refractivity contribution in [2.24, 2.45) is 0 Å². The number of halogens is 1. The molecular weight excluding hydrogens is 174 g/mol. The first-order valence-electron chi connectivity index (χ1n) is 3.75. The molecule has 2 nitrogen and oxygen atoms in total. The second-order valence-corrected chi connectivity index (χ2v) is 3.41. The third-order valence-electron chi connectivity index (χ3n) is 2.05. The highest BCUT2D eigenvalue weighted by atomic mass is 35.5. The predicted molar refractivity (Wildman–Crippen MR) is 48.5 cm³/mol. The zero-order valence-corrected chi connectivity index (χ0v) is 7.40. The number of hydrogen-bond acceptors (Lipinski definition) is 1. The Kier molecular flexibility index (Phi) is 1.58. The highest BCUT2D eigenvalue weighted by molar-refractivity contribution is 6.31. The molecule has 3 heteroatoms. The van der Waals surface area contributed by atoms with Crippen molar-refractivity contribution in [3.63, 3.8) is 0 Å². The summed E-state index contributed by atoms with van der Waals surface area (Å²) < 4.78 is 0. The van der Waals surface area contributed by atoms with Crippen molar-refractivity contribution in [2.75, 3.05) is 5.32 Å². The van der Waals surface area contributed by atoms with Crippen molar-refractivity contribution in [2.45, 2.75) is 13.3 Å². The number of carbonyl (C=O) groups excluding carboxylic acids is 1. The third kappa shape index (κ3) is 1.08. The molecule has 0 aromatic heterocycles. The van der Waals surface area contributed by atoms with Crippen LogP contribution in [0.4, 0.5) is 5.69 Å². The maximum absolute atomic E-state index is 11.0. The number of fused-ring (bicyclic) bond motifs is 1. The van der Waals surface area contributed by atoms with Crippen molar-refractivity contribution < 1.29 is 4.79 Å². The zero-order valence-electron chi connectivity index (χ0n) is 6.65. The van der Waals surface area contributed by atoms with Crippen LogP contribution < -0.4 is 5.32 Å². The van der Waals surface area contributed by atoms with E-state index >= 15 is 0 Å². The second-order valence-electron chi connectivity index (χ2n) is 2.97. The van der Waals surface area contributed by atoms with Crippen LogP contribution in [0.25, 0.3) is 0 Å². The van der Waals surface area contributed by atoms with Gasteiger partial charge in [0.25, 0.3) is 0 Å². The van der Waals surface area contributed by atoms with E-state index in [1.54, 1.807) is 6.07 Å². The zero-order chi connectivity index (χ0) is 8.72. The maximum Gasteiger partial charge on any atom is 0.228 e. The number of amides is 1. The van der Waals surface area contributed by atoms with Crippen molar-refractivity contribution in [1.82, 2.24) is 0 Å². The number of aryl methyl sites for hydroxylation is 1. The summed E-state index contributed by atoms with van der Waals surface area (Å²) in [5, 5.41) is 3.43. The maximum atomic E-state index is 11.0. The Morgan fingerprint density at radius 3 is 3.00 bits per heavy atom. The molecule has 12 heavy (non-hydrogen) atoms. The highest BCUT2D eigenvalue weighted by Gasteiger charge is 2.19. The lowest BCUT2D eigenvalue weighted by atomic mass is 10.1. The molecule has 62 valence electrons.